The number of aromatic nitrogens is 1. The molecule has 1 amide bonds. The number of nitrogens with one attached hydrogen (secondary N) is 1. The molecule has 26 heavy (non-hydrogen) atoms. The Bertz CT molecular complexity index is 995. The van der Waals surface area contributed by atoms with Crippen LogP contribution in [-0.2, 0) is 13.0 Å². The lowest BCUT2D eigenvalue weighted by Gasteiger charge is -2.30. The van der Waals surface area contributed by atoms with Crippen LogP contribution in [0.3, 0.4) is 0 Å². The zero-order chi connectivity index (χ0) is 18.4. The molecule has 5 nitrogen and oxygen atoms in total. The van der Waals surface area contributed by atoms with Gasteiger partial charge in [0.2, 0.25) is 0 Å². The van der Waals surface area contributed by atoms with Crippen LogP contribution in [-0.4, -0.2) is 28.4 Å². The zero-order valence-corrected chi connectivity index (χ0v) is 16.1. The van der Waals surface area contributed by atoms with Crippen molar-refractivity contribution in [1.29, 1.82) is 0 Å². The Hall–Kier alpha value is -2.03. The lowest BCUT2D eigenvalue weighted by Crippen LogP contribution is -2.35. The van der Waals surface area contributed by atoms with Gasteiger partial charge in [0.1, 0.15) is 10.8 Å². The van der Waals surface area contributed by atoms with Gasteiger partial charge in [-0.3, -0.25) is 9.69 Å². The fourth-order valence-electron chi connectivity index (χ4n) is 3.26. The van der Waals surface area contributed by atoms with Gasteiger partial charge in [-0.25, -0.2) is 9.37 Å². The summed E-state index contributed by atoms with van der Waals surface area (Å²) in [5.41, 5.74) is 8.02. The molecule has 0 saturated heterocycles. The van der Waals surface area contributed by atoms with E-state index in [4.69, 9.17) is 5.73 Å². The summed E-state index contributed by atoms with van der Waals surface area (Å²) in [6, 6.07) is 4.97. The predicted molar refractivity (Wildman–Crippen MR) is 105 cm³/mol. The molecule has 4 rings (SSSR count). The van der Waals surface area contributed by atoms with Crippen molar-refractivity contribution in [2.75, 3.05) is 11.9 Å². The largest absolute Gasteiger partial charge is 0.365 e. The average molecular weight is 391 g/mol. The first-order valence-electron chi connectivity index (χ1n) is 8.44. The van der Waals surface area contributed by atoms with Crippen molar-refractivity contribution in [3.8, 4) is 0 Å². The second-order valence-electron chi connectivity index (χ2n) is 6.64. The molecule has 3 N–H and O–H groups in total. The third kappa shape index (κ3) is 3.08. The minimum absolute atomic E-state index is 0.286. The standard InChI is InChI=1S/C18H19FN4OS2/c1-9(2)23-6-5-11-14(8-23)25-17(15(11)16(20)24)22-18-21-12-4-3-10(19)7-13(12)26-18/h3-4,7,9H,5-6,8H2,1-2H3,(H2,20,24)(H,21,22). The number of thiazole rings is 1. The number of hydrogen-bond donors (Lipinski definition) is 2. The van der Waals surface area contributed by atoms with E-state index in [0.29, 0.717) is 16.7 Å². The molecule has 1 aromatic carbocycles. The van der Waals surface area contributed by atoms with Gasteiger partial charge in [-0.2, -0.15) is 0 Å². The van der Waals surface area contributed by atoms with Gasteiger partial charge in [-0.15, -0.1) is 11.3 Å². The van der Waals surface area contributed by atoms with Crippen LogP contribution >= 0.6 is 22.7 Å². The van der Waals surface area contributed by atoms with E-state index < -0.39 is 5.91 Å². The second-order valence-corrected chi connectivity index (χ2v) is 8.78. The van der Waals surface area contributed by atoms with E-state index in [2.05, 4.69) is 29.0 Å². The molecule has 8 heteroatoms. The number of nitrogens with zero attached hydrogens (tertiary/aromatic N) is 2. The maximum atomic E-state index is 13.4. The highest BCUT2D eigenvalue weighted by Gasteiger charge is 2.28. The molecule has 0 aliphatic carbocycles. The van der Waals surface area contributed by atoms with Crippen LogP contribution in [0.15, 0.2) is 18.2 Å². The van der Waals surface area contributed by atoms with Crippen LogP contribution in [0.25, 0.3) is 10.2 Å². The van der Waals surface area contributed by atoms with E-state index in [-0.39, 0.29) is 5.82 Å². The van der Waals surface area contributed by atoms with Crippen LogP contribution in [0.1, 0.15) is 34.6 Å². The maximum absolute atomic E-state index is 13.4. The van der Waals surface area contributed by atoms with Crippen molar-refractivity contribution in [3.63, 3.8) is 0 Å². The first-order valence-corrected chi connectivity index (χ1v) is 10.1. The van der Waals surface area contributed by atoms with Gasteiger partial charge in [-0.1, -0.05) is 11.3 Å². The Balaban J connectivity index is 1.70. The quantitative estimate of drug-likeness (QED) is 0.703. The number of fused-ring (bicyclic) bond motifs is 2. The highest BCUT2D eigenvalue weighted by molar-refractivity contribution is 7.23. The van der Waals surface area contributed by atoms with Crippen LogP contribution in [0.2, 0.25) is 0 Å². The Morgan fingerprint density at radius 2 is 2.19 bits per heavy atom. The Labute approximate surface area is 158 Å². The Morgan fingerprint density at radius 3 is 2.92 bits per heavy atom. The van der Waals surface area contributed by atoms with Gasteiger partial charge in [-0.05, 0) is 44.0 Å². The first-order chi connectivity index (χ1) is 12.4. The van der Waals surface area contributed by atoms with Gasteiger partial charge >= 0.3 is 0 Å². The number of halogens is 1. The molecule has 1 aliphatic heterocycles. The molecule has 2 aromatic heterocycles. The number of carbonyl (C=O) groups excluding carboxylic acids is 1. The molecular formula is C18H19FN4OS2. The fourth-order valence-corrected chi connectivity index (χ4v) is 5.50. The van der Waals surface area contributed by atoms with Crippen molar-refractivity contribution >= 4 is 48.9 Å². The van der Waals surface area contributed by atoms with Crippen LogP contribution < -0.4 is 11.1 Å². The van der Waals surface area contributed by atoms with Crippen molar-refractivity contribution in [2.24, 2.45) is 5.73 Å². The third-order valence-corrected chi connectivity index (χ3v) is 6.70. The van der Waals surface area contributed by atoms with Crippen molar-refractivity contribution < 1.29 is 9.18 Å². The van der Waals surface area contributed by atoms with Crippen LogP contribution in [0.5, 0.6) is 0 Å². The molecule has 0 fully saturated rings. The summed E-state index contributed by atoms with van der Waals surface area (Å²) in [6.45, 7) is 6.09. The zero-order valence-electron chi connectivity index (χ0n) is 14.5. The van der Waals surface area contributed by atoms with Crippen molar-refractivity contribution in [3.05, 3.63) is 40.0 Å². The summed E-state index contributed by atoms with van der Waals surface area (Å²) in [4.78, 5) is 20.1. The fraction of sp³-hybridized carbons (Fsp3) is 0.333. The number of rotatable bonds is 4. The number of amides is 1. The van der Waals surface area contributed by atoms with Gasteiger partial charge < -0.3 is 11.1 Å². The average Bonchev–Trinajstić information content (AvgIpc) is 3.13. The summed E-state index contributed by atoms with van der Waals surface area (Å²) in [5.74, 6) is -0.707. The Kier molecular flexibility index (Phi) is 4.42. The topological polar surface area (TPSA) is 71.2 Å². The van der Waals surface area contributed by atoms with Crippen LogP contribution in [0.4, 0.5) is 14.5 Å². The van der Waals surface area contributed by atoms with E-state index in [9.17, 15) is 9.18 Å². The number of thiophene rings is 1. The van der Waals surface area contributed by atoms with Gasteiger partial charge in [0.15, 0.2) is 5.13 Å². The number of anilines is 2. The smallest absolute Gasteiger partial charge is 0.251 e. The number of benzene rings is 1. The first kappa shape index (κ1) is 17.4. The lowest BCUT2D eigenvalue weighted by molar-refractivity contribution is 0.0999. The SMILES string of the molecule is CC(C)N1CCc2c(sc(Nc3nc4ccc(F)cc4s3)c2C(N)=O)C1. The minimum atomic E-state index is -0.421. The summed E-state index contributed by atoms with van der Waals surface area (Å²) < 4.78 is 14.2. The molecule has 0 bridgehead atoms. The van der Waals surface area contributed by atoms with E-state index >= 15 is 0 Å². The molecule has 3 heterocycles. The normalized spacial score (nSPS) is 14.8. The Morgan fingerprint density at radius 1 is 1.38 bits per heavy atom. The molecular weight excluding hydrogens is 371 g/mol. The van der Waals surface area contributed by atoms with E-state index in [1.807, 2.05) is 0 Å². The van der Waals surface area contributed by atoms with E-state index in [1.165, 1.54) is 28.3 Å². The molecule has 0 atom stereocenters. The molecule has 0 saturated carbocycles. The van der Waals surface area contributed by atoms with Crippen molar-refractivity contribution in [1.82, 2.24) is 9.88 Å². The molecule has 0 spiro atoms. The number of carbonyl (C=O) groups is 1. The number of primary amides is 1. The number of hydrogen-bond acceptors (Lipinski definition) is 6. The van der Waals surface area contributed by atoms with E-state index in [1.54, 1.807) is 17.4 Å². The predicted octanol–water partition coefficient (Wildman–Crippen LogP) is 4.11. The van der Waals surface area contributed by atoms with Gasteiger partial charge in [0.25, 0.3) is 5.91 Å². The molecule has 136 valence electrons. The highest BCUT2D eigenvalue weighted by Crippen LogP contribution is 2.40. The molecule has 1 aliphatic rings. The summed E-state index contributed by atoms with van der Waals surface area (Å²) in [5, 5.41) is 4.61. The molecule has 0 unspecified atom stereocenters. The minimum Gasteiger partial charge on any atom is -0.365 e. The third-order valence-electron chi connectivity index (χ3n) is 4.63. The summed E-state index contributed by atoms with van der Waals surface area (Å²) in [6.07, 6.45) is 0.815. The van der Waals surface area contributed by atoms with Crippen molar-refractivity contribution in [2.45, 2.75) is 32.9 Å². The maximum Gasteiger partial charge on any atom is 0.251 e. The highest BCUT2D eigenvalue weighted by atomic mass is 32.1. The molecule has 0 radical (unpaired) electrons. The van der Waals surface area contributed by atoms with E-state index in [0.717, 1.165) is 40.3 Å². The summed E-state index contributed by atoms with van der Waals surface area (Å²) in [7, 11) is 0. The lowest BCUT2D eigenvalue weighted by atomic mass is 10.0. The van der Waals surface area contributed by atoms with Gasteiger partial charge in [0.05, 0.1) is 15.8 Å². The second kappa shape index (κ2) is 6.61. The summed E-state index contributed by atoms with van der Waals surface area (Å²) >= 11 is 2.92. The number of nitrogens with two attached hydrogens (primary N) is 1. The van der Waals surface area contributed by atoms with Crippen LogP contribution in [0, 0.1) is 5.82 Å². The monoisotopic (exact) mass is 390 g/mol. The molecule has 3 aromatic rings. The van der Waals surface area contributed by atoms with Gasteiger partial charge in [0, 0.05) is 24.0 Å².